The number of rotatable bonds is 7. The van der Waals surface area contributed by atoms with E-state index in [4.69, 9.17) is 4.74 Å². The van der Waals surface area contributed by atoms with Crippen LogP contribution in [0.4, 0.5) is 0 Å². The van der Waals surface area contributed by atoms with Crippen LogP contribution < -0.4 is 0 Å². The highest BCUT2D eigenvalue weighted by Crippen LogP contribution is 2.30. The van der Waals surface area contributed by atoms with Crippen LogP contribution in [-0.4, -0.2) is 38.1 Å². The number of aromatic nitrogens is 3. The van der Waals surface area contributed by atoms with Gasteiger partial charge in [-0.3, -0.25) is 19.2 Å². The number of fused-ring (bicyclic) bond motifs is 2. The van der Waals surface area contributed by atoms with Gasteiger partial charge < -0.3 is 4.74 Å². The molecule has 2 aliphatic carbocycles. The molecule has 0 saturated carbocycles. The molecule has 0 fully saturated rings. The summed E-state index contributed by atoms with van der Waals surface area (Å²) in [6, 6.07) is 13.4. The lowest BCUT2D eigenvalue weighted by atomic mass is 9.84. The molecule has 2 aliphatic rings. The predicted molar refractivity (Wildman–Crippen MR) is 139 cm³/mol. The van der Waals surface area contributed by atoms with Gasteiger partial charge in [0.1, 0.15) is 12.3 Å². The number of carbonyl (C=O) groups excluding carboxylic acids is 4. The lowest BCUT2D eigenvalue weighted by Gasteiger charge is -2.20. The monoisotopic (exact) mass is 507 g/mol. The summed E-state index contributed by atoms with van der Waals surface area (Å²) >= 11 is 0. The van der Waals surface area contributed by atoms with Gasteiger partial charge in [-0.2, -0.15) is 0 Å². The summed E-state index contributed by atoms with van der Waals surface area (Å²) in [7, 11) is 0. The zero-order valence-electron chi connectivity index (χ0n) is 21.3. The number of hydrogen-bond donors (Lipinski definition) is 0. The van der Waals surface area contributed by atoms with Crippen LogP contribution in [0.3, 0.4) is 0 Å². The van der Waals surface area contributed by atoms with E-state index in [1.54, 1.807) is 61.7 Å². The molecule has 8 nitrogen and oxygen atoms in total. The van der Waals surface area contributed by atoms with Crippen molar-refractivity contribution >= 4 is 23.1 Å². The zero-order chi connectivity index (χ0) is 27.0. The van der Waals surface area contributed by atoms with Gasteiger partial charge in [0.2, 0.25) is 5.78 Å². The summed E-state index contributed by atoms with van der Waals surface area (Å²) in [5.74, 6) is -0.987. The molecule has 3 aromatic rings. The van der Waals surface area contributed by atoms with Crippen LogP contribution in [0, 0.1) is 0 Å². The summed E-state index contributed by atoms with van der Waals surface area (Å²) in [5, 5.41) is 8.19. The first kappa shape index (κ1) is 25.0. The van der Waals surface area contributed by atoms with Crippen LogP contribution in [0.15, 0.2) is 88.9 Å². The summed E-state index contributed by atoms with van der Waals surface area (Å²) in [5.41, 5.74) is 3.89. The minimum Gasteiger partial charge on any atom is -0.483 e. The smallest absolute Gasteiger partial charge is 0.228 e. The lowest BCUT2D eigenvalue weighted by molar-refractivity contribution is 0.0853. The van der Waals surface area contributed by atoms with E-state index in [0.29, 0.717) is 44.7 Å². The molecule has 0 bridgehead atoms. The Morgan fingerprint density at radius 1 is 0.816 bits per heavy atom. The first-order valence-corrected chi connectivity index (χ1v) is 12.2. The molecular formula is C30H25N3O5. The van der Waals surface area contributed by atoms with Crippen LogP contribution >= 0.6 is 0 Å². The van der Waals surface area contributed by atoms with E-state index in [1.807, 2.05) is 19.9 Å². The normalized spacial score (nSPS) is 15.0. The van der Waals surface area contributed by atoms with Gasteiger partial charge in [-0.05, 0) is 27.2 Å². The fourth-order valence-corrected chi connectivity index (χ4v) is 4.58. The Morgan fingerprint density at radius 2 is 1.37 bits per heavy atom. The van der Waals surface area contributed by atoms with Gasteiger partial charge in [0.15, 0.2) is 23.1 Å². The van der Waals surface area contributed by atoms with Crippen LogP contribution in [0.5, 0.6) is 0 Å². The number of allylic oxidation sites excluding steroid dienone is 6. The molecule has 190 valence electrons. The SMILES string of the molecule is CC(C)=CCC1=C(OCc2cn(CC3=C(C)C(=O)c4ccccc4C3=O)nn2)C(=O)c2ccccc2C1=O. The maximum absolute atomic E-state index is 13.2. The second kappa shape index (κ2) is 9.97. The van der Waals surface area contributed by atoms with Crippen molar-refractivity contribution < 1.29 is 23.9 Å². The van der Waals surface area contributed by atoms with Gasteiger partial charge in [0, 0.05) is 33.4 Å². The van der Waals surface area contributed by atoms with Crippen molar-refractivity contribution in [1.82, 2.24) is 15.0 Å². The third-order valence-electron chi connectivity index (χ3n) is 6.64. The van der Waals surface area contributed by atoms with Crippen LogP contribution in [0.2, 0.25) is 0 Å². The van der Waals surface area contributed by atoms with Gasteiger partial charge in [-0.25, -0.2) is 4.68 Å². The highest BCUT2D eigenvalue weighted by Gasteiger charge is 2.33. The maximum Gasteiger partial charge on any atom is 0.228 e. The second-order valence-electron chi connectivity index (χ2n) is 9.50. The highest BCUT2D eigenvalue weighted by molar-refractivity contribution is 6.27. The van der Waals surface area contributed by atoms with Gasteiger partial charge in [0.25, 0.3) is 0 Å². The molecule has 2 aromatic carbocycles. The Labute approximate surface area is 219 Å². The first-order chi connectivity index (χ1) is 18.3. The Morgan fingerprint density at radius 3 is 1.97 bits per heavy atom. The molecule has 0 spiro atoms. The Hall–Kier alpha value is -4.72. The average Bonchev–Trinajstić information content (AvgIpc) is 3.37. The van der Waals surface area contributed by atoms with E-state index >= 15 is 0 Å². The molecule has 1 heterocycles. The third kappa shape index (κ3) is 4.45. The third-order valence-corrected chi connectivity index (χ3v) is 6.64. The van der Waals surface area contributed by atoms with Crippen molar-refractivity contribution in [2.24, 2.45) is 0 Å². The molecule has 8 heteroatoms. The molecule has 5 rings (SSSR count). The maximum atomic E-state index is 13.2. The summed E-state index contributed by atoms with van der Waals surface area (Å²) in [6.07, 6.45) is 3.75. The Balaban J connectivity index is 1.37. The molecule has 0 radical (unpaired) electrons. The minimum atomic E-state index is -0.351. The number of ether oxygens (including phenoxy) is 1. The molecule has 0 N–H and O–H groups in total. The van der Waals surface area contributed by atoms with E-state index in [-0.39, 0.29) is 48.5 Å². The largest absolute Gasteiger partial charge is 0.483 e. The fraction of sp³-hybridized carbons (Fsp3) is 0.200. The second-order valence-corrected chi connectivity index (χ2v) is 9.50. The van der Waals surface area contributed by atoms with Crippen molar-refractivity contribution in [3.8, 4) is 0 Å². The Kier molecular flexibility index (Phi) is 6.55. The molecule has 0 saturated heterocycles. The number of ketones is 4. The molecule has 0 atom stereocenters. The van der Waals surface area contributed by atoms with Gasteiger partial charge >= 0.3 is 0 Å². The first-order valence-electron chi connectivity index (χ1n) is 12.2. The molecule has 38 heavy (non-hydrogen) atoms. The molecule has 0 amide bonds. The molecule has 0 aliphatic heterocycles. The zero-order valence-corrected chi connectivity index (χ0v) is 21.3. The fourth-order valence-electron chi connectivity index (χ4n) is 4.58. The quantitative estimate of drug-likeness (QED) is 0.419. The van der Waals surface area contributed by atoms with Gasteiger partial charge in [0.05, 0.1) is 18.3 Å². The lowest BCUT2D eigenvalue weighted by Crippen LogP contribution is -2.23. The number of Topliss-reactive ketones (excluding diaryl/α,β-unsaturated/α-hetero) is 4. The number of nitrogens with zero attached hydrogens (tertiary/aromatic N) is 3. The van der Waals surface area contributed by atoms with Crippen molar-refractivity contribution in [2.45, 2.75) is 40.3 Å². The summed E-state index contributed by atoms with van der Waals surface area (Å²) in [4.78, 5) is 52.2. The van der Waals surface area contributed by atoms with E-state index in [2.05, 4.69) is 10.3 Å². The summed E-state index contributed by atoms with van der Waals surface area (Å²) < 4.78 is 7.35. The van der Waals surface area contributed by atoms with Gasteiger partial charge in [-0.1, -0.05) is 65.4 Å². The standard InChI is InChI=1S/C30H25N3O5/c1-17(2)12-13-24-27(35)22-10-6-7-11-23(22)29(37)30(24)38-16-19-14-33(32-31-19)15-25-18(3)26(34)20-8-4-5-9-21(20)28(25)36/h4-12,14H,13,15-16H2,1-3H3. The van der Waals surface area contributed by atoms with Crippen molar-refractivity contribution in [3.63, 3.8) is 0 Å². The van der Waals surface area contributed by atoms with Crippen molar-refractivity contribution in [3.05, 3.63) is 117 Å². The predicted octanol–water partition coefficient (Wildman–Crippen LogP) is 4.88. The number of carbonyl (C=O) groups is 4. The van der Waals surface area contributed by atoms with E-state index in [9.17, 15) is 19.2 Å². The van der Waals surface area contributed by atoms with Crippen LogP contribution in [-0.2, 0) is 17.9 Å². The molecule has 0 unspecified atom stereocenters. The highest BCUT2D eigenvalue weighted by atomic mass is 16.5. The van der Waals surface area contributed by atoms with Crippen LogP contribution in [0.1, 0.15) is 74.3 Å². The van der Waals surface area contributed by atoms with Crippen LogP contribution in [0.25, 0.3) is 0 Å². The number of hydrogen-bond acceptors (Lipinski definition) is 7. The van der Waals surface area contributed by atoms with Crippen molar-refractivity contribution in [1.29, 1.82) is 0 Å². The minimum absolute atomic E-state index is 0.00367. The summed E-state index contributed by atoms with van der Waals surface area (Å²) in [6.45, 7) is 5.45. The Bertz CT molecular complexity index is 1620. The molecule has 1 aromatic heterocycles. The van der Waals surface area contributed by atoms with E-state index < -0.39 is 0 Å². The van der Waals surface area contributed by atoms with Crippen molar-refractivity contribution in [2.75, 3.05) is 0 Å². The van der Waals surface area contributed by atoms with E-state index in [0.717, 1.165) is 5.57 Å². The van der Waals surface area contributed by atoms with Gasteiger partial charge in [-0.15, -0.1) is 5.10 Å². The topological polar surface area (TPSA) is 108 Å². The number of benzene rings is 2. The van der Waals surface area contributed by atoms with E-state index in [1.165, 1.54) is 4.68 Å². The molecular weight excluding hydrogens is 482 g/mol. The average molecular weight is 508 g/mol.